The maximum atomic E-state index is 7.30. The van der Waals surface area contributed by atoms with Crippen LogP contribution >= 0.6 is 0 Å². The van der Waals surface area contributed by atoms with E-state index in [-0.39, 0.29) is 0 Å². The Morgan fingerprint density at radius 1 is 1.62 bits per heavy atom. The van der Waals surface area contributed by atoms with Gasteiger partial charge in [-0.3, -0.25) is 0 Å². The van der Waals surface area contributed by atoms with Crippen LogP contribution in [0.15, 0.2) is 0 Å². The smallest absolute Gasteiger partial charge is 0.122 e. The molecule has 1 N–H and O–H groups in total. The van der Waals surface area contributed by atoms with E-state index < -0.39 is 0 Å². The minimum absolute atomic E-state index is 0.405. The molecular weight excluding hydrogens is 102 g/mol. The predicted octanol–water partition coefficient (Wildman–Crippen LogP) is -0.00370. The highest BCUT2D eigenvalue weighted by Gasteiger charge is 2.40. The van der Waals surface area contributed by atoms with Gasteiger partial charge in [0.2, 0.25) is 0 Å². The van der Waals surface area contributed by atoms with Gasteiger partial charge in [0.05, 0.1) is 13.2 Å². The fourth-order valence-corrected chi connectivity index (χ4v) is 1.34. The summed E-state index contributed by atoms with van der Waals surface area (Å²) in [6.45, 7) is 3.64. The van der Waals surface area contributed by atoms with Gasteiger partial charge >= 0.3 is 0 Å². The van der Waals surface area contributed by atoms with E-state index in [9.17, 15) is 0 Å². The summed E-state index contributed by atoms with van der Waals surface area (Å²) in [5.41, 5.74) is 0.405. The summed E-state index contributed by atoms with van der Waals surface area (Å²) in [6, 6.07) is 0. The molecule has 2 rings (SSSR count). The molecule has 0 aromatic heterocycles. The van der Waals surface area contributed by atoms with Crippen molar-refractivity contribution < 1.29 is 6.15 Å². The molecule has 2 aliphatic rings. The van der Waals surface area contributed by atoms with Crippen LogP contribution in [-0.4, -0.2) is 26.3 Å². The Kier molecular flexibility index (Phi) is 0.700. The van der Waals surface area contributed by atoms with Gasteiger partial charge < -0.3 is 10.0 Å². The van der Waals surface area contributed by atoms with Crippen molar-refractivity contribution in [2.45, 2.75) is 6.42 Å². The van der Waals surface area contributed by atoms with E-state index in [2.05, 4.69) is 0 Å². The van der Waals surface area contributed by atoms with Crippen molar-refractivity contribution in [3.8, 4) is 0 Å². The molecule has 0 saturated carbocycles. The minimum Gasteiger partial charge on any atom is -0.380 e. The number of rotatable bonds is 0. The maximum Gasteiger partial charge on any atom is 0.122 e. The van der Waals surface area contributed by atoms with Crippen LogP contribution in [0, 0.1) is 5.41 Å². The van der Waals surface area contributed by atoms with Crippen LogP contribution in [0.4, 0.5) is 0 Å². The quantitative estimate of drug-likeness (QED) is 0.478. The first-order chi connectivity index (χ1) is 4.31. The first-order valence-electron chi connectivity index (χ1n) is 3.57. The lowest BCUT2D eigenvalue weighted by molar-refractivity contribution is -0.0995. The zero-order valence-electron chi connectivity index (χ0n) is 5.89. The van der Waals surface area contributed by atoms with Crippen LogP contribution in [0.1, 0.15) is 6.42 Å². The zero-order chi connectivity index (χ0) is 6.32. The molecule has 2 heteroatoms. The maximum absolute atomic E-state index is 7.30. The van der Waals surface area contributed by atoms with Crippen molar-refractivity contribution in [1.29, 1.82) is 0 Å². The molecule has 0 radical (unpaired) electrons. The summed E-state index contributed by atoms with van der Waals surface area (Å²) in [7, 11) is 0. The molecule has 0 atom stereocenters. The normalized spacial score (nSPS) is 37.2. The van der Waals surface area contributed by atoms with Gasteiger partial charge in [-0.05, 0) is 13.0 Å². The van der Waals surface area contributed by atoms with Crippen molar-refractivity contribution in [3.63, 3.8) is 0 Å². The van der Waals surface area contributed by atoms with Crippen molar-refractivity contribution >= 4 is 0 Å². The summed E-state index contributed by atoms with van der Waals surface area (Å²) in [5, 5.41) is 1.64. The molecule has 46 valence electrons. The zero-order valence-corrected chi connectivity index (χ0v) is 4.89. The van der Waals surface area contributed by atoms with E-state index in [0.717, 1.165) is 32.7 Å². The average molecular weight is 114 g/mol. The van der Waals surface area contributed by atoms with Gasteiger partial charge in [0.25, 0.3) is 0 Å². The standard InChI is InChI=1S/C6H11NO/c1-2-7-3-6(1)4-8-5-6/h7H,1-5H2/i/hD. The van der Waals surface area contributed by atoms with Crippen LogP contribution in [0.2, 0.25) is 1.41 Å². The van der Waals surface area contributed by atoms with Crippen LogP contribution < -0.4 is 5.31 Å². The third-order valence-corrected chi connectivity index (χ3v) is 2.06. The summed E-state index contributed by atoms with van der Waals surface area (Å²) in [5.74, 6) is 0. The van der Waals surface area contributed by atoms with Gasteiger partial charge in [0, 0.05) is 12.0 Å². The van der Waals surface area contributed by atoms with Gasteiger partial charge in [0.15, 0.2) is 0 Å². The third kappa shape index (κ3) is 0.501. The van der Waals surface area contributed by atoms with Crippen LogP contribution in [0.3, 0.4) is 0 Å². The lowest BCUT2D eigenvalue weighted by Gasteiger charge is -2.36. The van der Waals surface area contributed by atoms with Crippen LogP contribution in [0.25, 0.3) is 0 Å². The molecule has 0 unspecified atom stereocenters. The molecule has 2 nitrogen and oxygen atoms in total. The molecule has 0 bridgehead atoms. The van der Waals surface area contributed by atoms with E-state index in [1.165, 1.54) is 0 Å². The van der Waals surface area contributed by atoms with Gasteiger partial charge in [-0.15, -0.1) is 0 Å². The number of hydrogen-bond donors (Lipinski definition) is 1. The number of ether oxygens (including phenoxy) is 1. The Labute approximate surface area is 50.7 Å². The van der Waals surface area contributed by atoms with Crippen molar-refractivity contribution in [1.82, 2.24) is 5.31 Å². The molecule has 1 spiro atoms. The fraction of sp³-hybridized carbons (Fsp3) is 1.00. The first kappa shape index (κ1) is 3.85. The Morgan fingerprint density at radius 3 is 2.75 bits per heavy atom. The first-order valence-corrected chi connectivity index (χ1v) is 3.12. The van der Waals surface area contributed by atoms with E-state index in [4.69, 9.17) is 6.15 Å². The van der Waals surface area contributed by atoms with E-state index in [1.807, 2.05) is 0 Å². The van der Waals surface area contributed by atoms with E-state index in [0.29, 0.717) is 5.41 Å². The number of nitrogens with one attached hydrogen (secondary N) is 1. The van der Waals surface area contributed by atoms with Crippen LogP contribution in [0.5, 0.6) is 0 Å². The molecule has 8 heavy (non-hydrogen) atoms. The number of hydrogen-bond acceptors (Lipinski definition) is 2. The highest BCUT2D eigenvalue weighted by atomic mass is 16.5. The fourth-order valence-electron chi connectivity index (χ4n) is 1.34. The summed E-state index contributed by atoms with van der Waals surface area (Å²) in [4.78, 5) is 0. The molecule has 0 aliphatic carbocycles. The summed E-state index contributed by atoms with van der Waals surface area (Å²) in [6.07, 6.45) is 1.16. The Hall–Kier alpha value is -0.0800. The third-order valence-electron chi connectivity index (χ3n) is 2.06. The second-order valence-electron chi connectivity index (χ2n) is 2.85. The SMILES string of the molecule is [2H]N1CCC2(COC2)C1. The Morgan fingerprint density at radius 2 is 2.50 bits per heavy atom. The lowest BCUT2D eigenvalue weighted by atomic mass is 9.86. The van der Waals surface area contributed by atoms with E-state index in [1.54, 1.807) is 5.31 Å². The highest BCUT2D eigenvalue weighted by molar-refractivity contribution is 4.92. The predicted molar refractivity (Wildman–Crippen MR) is 30.7 cm³/mol. The molecule has 0 aromatic carbocycles. The molecular formula is C6H11NO. The topological polar surface area (TPSA) is 21.3 Å². The largest absolute Gasteiger partial charge is 0.380 e. The molecule has 0 amide bonds. The molecule has 2 fully saturated rings. The molecule has 0 aromatic rings. The van der Waals surface area contributed by atoms with Crippen molar-refractivity contribution in [3.05, 3.63) is 0 Å². The van der Waals surface area contributed by atoms with Crippen molar-refractivity contribution in [2.75, 3.05) is 26.3 Å². The summed E-state index contributed by atoms with van der Waals surface area (Å²) >= 11 is 0. The van der Waals surface area contributed by atoms with Crippen LogP contribution in [-0.2, 0) is 4.74 Å². The molecule has 2 saturated heterocycles. The minimum atomic E-state index is 0.405. The molecule has 2 aliphatic heterocycles. The average Bonchev–Trinajstić information content (AvgIpc) is 2.09. The lowest BCUT2D eigenvalue weighted by Crippen LogP contribution is -2.43. The Balaban J connectivity index is 1.99. The second-order valence-corrected chi connectivity index (χ2v) is 2.85. The summed E-state index contributed by atoms with van der Waals surface area (Å²) < 4.78 is 12.4. The van der Waals surface area contributed by atoms with E-state index >= 15 is 0 Å². The van der Waals surface area contributed by atoms with Crippen molar-refractivity contribution in [2.24, 2.45) is 5.41 Å². The Bertz CT molecular complexity index is 124. The second kappa shape index (κ2) is 1.45. The molecule has 2 heterocycles. The van der Waals surface area contributed by atoms with Gasteiger partial charge in [-0.1, -0.05) is 0 Å². The monoisotopic (exact) mass is 114 g/mol. The highest BCUT2D eigenvalue weighted by Crippen LogP contribution is 2.32. The van der Waals surface area contributed by atoms with Gasteiger partial charge in [-0.25, -0.2) is 0 Å². The van der Waals surface area contributed by atoms with Gasteiger partial charge in [-0.2, -0.15) is 0 Å². The van der Waals surface area contributed by atoms with Gasteiger partial charge in [0.1, 0.15) is 1.41 Å².